The summed E-state index contributed by atoms with van der Waals surface area (Å²) in [5.41, 5.74) is 3.22. The van der Waals surface area contributed by atoms with Crippen molar-refractivity contribution in [1.29, 1.82) is 0 Å². The van der Waals surface area contributed by atoms with Crippen LogP contribution in [0.3, 0.4) is 0 Å². The van der Waals surface area contributed by atoms with Crippen LogP contribution in [0.4, 0.5) is 0 Å². The molecule has 0 saturated carbocycles. The van der Waals surface area contributed by atoms with E-state index in [1.54, 1.807) is 30.9 Å². The number of halogens is 1. The highest BCUT2D eigenvalue weighted by Gasteiger charge is 2.20. The van der Waals surface area contributed by atoms with Crippen LogP contribution in [0.1, 0.15) is 0 Å². The second-order valence-electron chi connectivity index (χ2n) is 6.06. The van der Waals surface area contributed by atoms with Crippen LogP contribution in [-0.2, 0) is 7.05 Å². The number of hydrogen-bond acceptors (Lipinski definition) is 7. The van der Waals surface area contributed by atoms with E-state index in [2.05, 4.69) is 24.9 Å². The fourth-order valence-corrected chi connectivity index (χ4v) is 4.27. The standard InChI is InChI=1S/C19H12ClN7S/c1-27-6-3-11-7-13(18-23-4-2-5-24-18)25-14(15(11)27)16-17(20)26-19(28-16)12-8-21-10-22-9-12/h2-10H,1H3. The van der Waals surface area contributed by atoms with Crippen LogP contribution in [0, 0.1) is 0 Å². The van der Waals surface area contributed by atoms with Crippen LogP contribution in [-0.4, -0.2) is 34.5 Å². The van der Waals surface area contributed by atoms with E-state index in [9.17, 15) is 0 Å². The van der Waals surface area contributed by atoms with Gasteiger partial charge in [0.15, 0.2) is 5.82 Å². The van der Waals surface area contributed by atoms with Gasteiger partial charge in [-0.25, -0.2) is 29.9 Å². The van der Waals surface area contributed by atoms with E-state index in [4.69, 9.17) is 16.6 Å². The van der Waals surface area contributed by atoms with E-state index >= 15 is 0 Å². The molecule has 5 heterocycles. The zero-order chi connectivity index (χ0) is 19.1. The Kier molecular flexibility index (Phi) is 4.07. The molecule has 0 spiro atoms. The second-order valence-corrected chi connectivity index (χ2v) is 7.42. The lowest BCUT2D eigenvalue weighted by Gasteiger charge is -2.07. The van der Waals surface area contributed by atoms with E-state index in [1.807, 2.05) is 29.9 Å². The van der Waals surface area contributed by atoms with Gasteiger partial charge in [-0.15, -0.1) is 11.3 Å². The molecule has 5 aromatic heterocycles. The van der Waals surface area contributed by atoms with E-state index in [-0.39, 0.29) is 0 Å². The lowest BCUT2D eigenvalue weighted by atomic mass is 10.2. The Balaban J connectivity index is 1.75. The number of thiazole rings is 1. The van der Waals surface area contributed by atoms with Gasteiger partial charge in [0.1, 0.15) is 27.9 Å². The van der Waals surface area contributed by atoms with Crippen molar-refractivity contribution in [3.8, 4) is 32.7 Å². The van der Waals surface area contributed by atoms with Crippen LogP contribution in [0.5, 0.6) is 0 Å². The van der Waals surface area contributed by atoms with Gasteiger partial charge in [-0.2, -0.15) is 0 Å². The predicted molar refractivity (Wildman–Crippen MR) is 109 cm³/mol. The minimum Gasteiger partial charge on any atom is -0.349 e. The smallest absolute Gasteiger partial charge is 0.178 e. The SMILES string of the molecule is Cn1ccc2cc(-c3ncccn3)nc(-c3sc(-c4cncnc4)nc3Cl)c21. The summed E-state index contributed by atoms with van der Waals surface area (Å²) < 4.78 is 2.02. The van der Waals surface area contributed by atoms with Gasteiger partial charge in [-0.05, 0) is 18.2 Å². The van der Waals surface area contributed by atoms with E-state index in [0.29, 0.717) is 16.7 Å². The van der Waals surface area contributed by atoms with Gasteiger partial charge in [0.25, 0.3) is 0 Å². The quantitative estimate of drug-likeness (QED) is 0.446. The molecule has 0 aromatic carbocycles. The van der Waals surface area contributed by atoms with Crippen molar-refractivity contribution in [2.75, 3.05) is 0 Å². The van der Waals surface area contributed by atoms with Crippen LogP contribution < -0.4 is 0 Å². The summed E-state index contributed by atoms with van der Waals surface area (Å²) in [7, 11) is 1.98. The Hall–Kier alpha value is -3.23. The molecule has 0 radical (unpaired) electrons. The molecule has 9 heteroatoms. The van der Waals surface area contributed by atoms with Gasteiger partial charge in [0, 0.05) is 49.0 Å². The zero-order valence-electron chi connectivity index (χ0n) is 14.6. The second kappa shape index (κ2) is 6.74. The van der Waals surface area contributed by atoms with Gasteiger partial charge in [0.05, 0.1) is 10.4 Å². The Morgan fingerprint density at radius 1 is 1.07 bits per heavy atom. The normalized spacial score (nSPS) is 11.2. The third-order valence-corrected chi connectivity index (χ3v) is 5.75. The van der Waals surface area contributed by atoms with E-state index in [0.717, 1.165) is 32.0 Å². The highest BCUT2D eigenvalue weighted by atomic mass is 35.5. The molecular weight excluding hydrogens is 394 g/mol. The number of nitrogens with zero attached hydrogens (tertiary/aromatic N) is 7. The third kappa shape index (κ3) is 2.83. The summed E-state index contributed by atoms with van der Waals surface area (Å²) in [6, 6.07) is 5.79. The molecule has 0 bridgehead atoms. The molecular formula is C19H12ClN7S. The maximum Gasteiger partial charge on any atom is 0.178 e. The fraction of sp³-hybridized carbons (Fsp3) is 0.0526. The molecule has 0 atom stereocenters. The van der Waals surface area contributed by atoms with Crippen LogP contribution >= 0.6 is 22.9 Å². The van der Waals surface area contributed by atoms with Gasteiger partial charge in [0.2, 0.25) is 0 Å². The molecule has 7 nitrogen and oxygen atoms in total. The number of fused-ring (bicyclic) bond motifs is 1. The monoisotopic (exact) mass is 405 g/mol. The zero-order valence-corrected chi connectivity index (χ0v) is 16.2. The third-order valence-electron chi connectivity index (χ3n) is 4.26. The first-order valence-electron chi connectivity index (χ1n) is 8.36. The Labute approximate surface area is 168 Å². The fourth-order valence-electron chi connectivity index (χ4n) is 3.01. The highest BCUT2D eigenvalue weighted by molar-refractivity contribution is 7.19. The van der Waals surface area contributed by atoms with Gasteiger partial charge >= 0.3 is 0 Å². The number of rotatable bonds is 3. The first-order chi connectivity index (χ1) is 13.7. The van der Waals surface area contributed by atoms with Crippen LogP contribution in [0.15, 0.2) is 55.5 Å². The number of pyridine rings is 1. The lowest BCUT2D eigenvalue weighted by molar-refractivity contribution is 0.966. The Bertz CT molecular complexity index is 1280. The number of hydrogen-bond donors (Lipinski definition) is 0. The van der Waals surface area contributed by atoms with Crippen molar-refractivity contribution in [3.63, 3.8) is 0 Å². The summed E-state index contributed by atoms with van der Waals surface area (Å²) in [6.07, 6.45) is 10.3. The topological polar surface area (TPSA) is 82.3 Å². The van der Waals surface area contributed by atoms with Crippen LogP contribution in [0.25, 0.3) is 43.6 Å². The minimum absolute atomic E-state index is 0.394. The highest BCUT2D eigenvalue weighted by Crippen LogP contribution is 2.40. The predicted octanol–water partition coefficient (Wildman–Crippen LogP) is 4.26. The van der Waals surface area contributed by atoms with Gasteiger partial charge < -0.3 is 4.57 Å². The van der Waals surface area contributed by atoms with E-state index < -0.39 is 0 Å². The molecule has 0 aliphatic heterocycles. The average Bonchev–Trinajstić information content (AvgIpc) is 3.32. The molecule has 0 N–H and O–H groups in total. The first kappa shape index (κ1) is 16.9. The maximum absolute atomic E-state index is 6.53. The van der Waals surface area contributed by atoms with Crippen molar-refractivity contribution in [2.45, 2.75) is 0 Å². The first-order valence-corrected chi connectivity index (χ1v) is 9.55. The Morgan fingerprint density at radius 3 is 2.64 bits per heavy atom. The van der Waals surface area contributed by atoms with Gasteiger partial charge in [-0.1, -0.05) is 11.6 Å². The molecule has 0 aliphatic rings. The van der Waals surface area contributed by atoms with Crippen molar-refractivity contribution < 1.29 is 0 Å². The maximum atomic E-state index is 6.53. The molecule has 0 saturated heterocycles. The molecule has 0 amide bonds. The molecule has 5 rings (SSSR count). The molecule has 136 valence electrons. The van der Waals surface area contributed by atoms with Crippen LogP contribution in [0.2, 0.25) is 5.15 Å². The summed E-state index contributed by atoms with van der Waals surface area (Å²) in [5, 5.41) is 2.17. The largest absolute Gasteiger partial charge is 0.349 e. The van der Waals surface area contributed by atoms with E-state index in [1.165, 1.54) is 17.7 Å². The summed E-state index contributed by atoms with van der Waals surface area (Å²) in [6.45, 7) is 0. The van der Waals surface area contributed by atoms with Crippen molar-refractivity contribution in [3.05, 3.63) is 60.7 Å². The van der Waals surface area contributed by atoms with Gasteiger partial charge in [-0.3, -0.25) is 0 Å². The van der Waals surface area contributed by atoms with Crippen molar-refractivity contribution in [1.82, 2.24) is 34.5 Å². The number of aromatic nitrogens is 7. The van der Waals surface area contributed by atoms with Crippen molar-refractivity contribution >= 4 is 33.8 Å². The molecule has 28 heavy (non-hydrogen) atoms. The summed E-state index contributed by atoms with van der Waals surface area (Å²) in [5.74, 6) is 0.562. The molecule has 0 unspecified atom stereocenters. The molecule has 0 aliphatic carbocycles. The molecule has 0 fully saturated rings. The molecule has 5 aromatic rings. The number of aryl methyl sites for hydroxylation is 1. The van der Waals surface area contributed by atoms with Crippen molar-refractivity contribution in [2.24, 2.45) is 7.05 Å². The minimum atomic E-state index is 0.394. The lowest BCUT2D eigenvalue weighted by Crippen LogP contribution is -1.96. The summed E-state index contributed by atoms with van der Waals surface area (Å²) in [4.78, 5) is 26.9. The average molecular weight is 406 g/mol. The summed E-state index contributed by atoms with van der Waals surface area (Å²) >= 11 is 7.98. The Morgan fingerprint density at radius 2 is 1.86 bits per heavy atom.